The number of carbonyl (C=O) groups excluding carboxylic acids is 1. The van der Waals surface area contributed by atoms with Crippen LogP contribution in [0.25, 0.3) is 0 Å². The summed E-state index contributed by atoms with van der Waals surface area (Å²) in [5.74, 6) is -0.280. The van der Waals surface area contributed by atoms with Gasteiger partial charge < -0.3 is 4.55 Å². The lowest BCUT2D eigenvalue weighted by Crippen LogP contribution is -2.42. The summed E-state index contributed by atoms with van der Waals surface area (Å²) in [5, 5.41) is 0. The molecule has 6 heteroatoms. The van der Waals surface area contributed by atoms with Gasteiger partial charge in [0.25, 0.3) is 0 Å². The first-order valence-electron chi connectivity index (χ1n) is 20.4. The van der Waals surface area contributed by atoms with E-state index >= 15 is 0 Å². The third-order valence-corrected chi connectivity index (χ3v) is 15.1. The Balaban J connectivity index is 0.000000334. The van der Waals surface area contributed by atoms with E-state index in [1.54, 1.807) is 0 Å². The predicted molar refractivity (Wildman–Crippen MR) is 218 cm³/mol. The minimum atomic E-state index is -4.33. The molecular formula is C46H66O4S2. The molecule has 52 heavy (non-hydrogen) atoms. The van der Waals surface area contributed by atoms with E-state index in [9.17, 15) is 17.8 Å². The molecule has 0 N–H and O–H groups in total. The predicted octanol–water partition coefficient (Wildman–Crippen LogP) is 12.1. The average molecular weight is 747 g/mol. The Labute approximate surface area is 320 Å². The van der Waals surface area contributed by atoms with Crippen molar-refractivity contribution in [3.8, 4) is 0 Å². The van der Waals surface area contributed by atoms with Crippen molar-refractivity contribution in [2.45, 2.75) is 165 Å². The molecule has 286 valence electrons. The molecule has 0 aliphatic heterocycles. The molecular weight excluding hydrogens is 681 g/mol. The maximum absolute atomic E-state index is 11.8. The number of hydrogen-bond donors (Lipinski definition) is 0. The Hall–Kier alpha value is -2.41. The summed E-state index contributed by atoms with van der Waals surface area (Å²) in [7, 11) is -4.39. The highest BCUT2D eigenvalue weighted by Crippen LogP contribution is 2.64. The number of benzene rings is 3. The lowest BCUT2D eigenvalue weighted by molar-refractivity contribution is -0.128. The zero-order valence-electron chi connectivity index (χ0n) is 32.9. The molecule has 2 aliphatic rings. The van der Waals surface area contributed by atoms with Crippen LogP contribution in [0.2, 0.25) is 0 Å². The number of unbranched alkanes of at least 4 members (excludes halogenated alkanes) is 9. The SMILES string of the molecule is CC1(C)C2CCC1(CS(=O)(=O)[O-])C(=O)C2.CCCCCCc1ccc([S+](c2ccc(CCCCCC)cc2)c2ccc(CCCCCC)cc2)cc1. The van der Waals surface area contributed by atoms with E-state index in [1.807, 2.05) is 13.8 Å². The maximum Gasteiger partial charge on any atom is 0.166 e. The Morgan fingerprint density at radius 2 is 0.981 bits per heavy atom. The lowest BCUT2D eigenvalue weighted by Gasteiger charge is -2.37. The molecule has 0 saturated heterocycles. The minimum absolute atomic E-state index is 0.0248. The van der Waals surface area contributed by atoms with E-state index in [4.69, 9.17) is 0 Å². The summed E-state index contributed by atoms with van der Waals surface area (Å²) in [5.41, 5.74) is 3.22. The van der Waals surface area contributed by atoms with E-state index < -0.39 is 21.3 Å². The molecule has 2 saturated carbocycles. The fraction of sp³-hybridized carbons (Fsp3) is 0.587. The standard InChI is InChI=1S/C36H51S.C10H16O4S/c1-4-7-10-13-16-31-19-25-34(26-20-31)37(35-27-21-32(22-28-35)17-14-11-8-5-2)36-29-23-33(24-30-36)18-15-12-9-6-3;1-9(2)7-3-4-10(9,8(11)5-7)6-15(12,13)14/h19-30H,4-18H2,1-3H3;7H,3-6H2,1-2H3,(H,12,13,14)/q+1;/p-1. The van der Waals surface area contributed by atoms with Crippen molar-refractivity contribution >= 4 is 26.8 Å². The van der Waals surface area contributed by atoms with Crippen LogP contribution in [-0.2, 0) is 45.1 Å². The van der Waals surface area contributed by atoms with Gasteiger partial charge in [0.2, 0.25) is 0 Å². The molecule has 0 aromatic heterocycles. The number of ketones is 1. The Morgan fingerprint density at radius 1 is 0.615 bits per heavy atom. The largest absolute Gasteiger partial charge is 0.748 e. The summed E-state index contributed by atoms with van der Waals surface area (Å²) >= 11 is 0. The van der Waals surface area contributed by atoms with Crippen LogP contribution in [0, 0.1) is 16.7 Å². The van der Waals surface area contributed by atoms with Gasteiger partial charge in [-0.2, -0.15) is 0 Å². The number of aryl methyl sites for hydroxylation is 3. The summed E-state index contributed by atoms with van der Waals surface area (Å²) < 4.78 is 32.7. The number of hydrogen-bond acceptors (Lipinski definition) is 4. The van der Waals surface area contributed by atoms with Gasteiger partial charge in [0.15, 0.2) is 14.7 Å². The van der Waals surface area contributed by atoms with E-state index in [2.05, 4.69) is 93.6 Å². The second-order valence-corrected chi connectivity index (χ2v) is 19.5. The van der Waals surface area contributed by atoms with Crippen LogP contribution in [0.3, 0.4) is 0 Å². The van der Waals surface area contributed by atoms with Crippen molar-refractivity contribution in [1.82, 2.24) is 0 Å². The molecule has 0 heterocycles. The lowest BCUT2D eigenvalue weighted by atomic mass is 9.70. The van der Waals surface area contributed by atoms with Gasteiger partial charge in [-0.25, -0.2) is 8.42 Å². The first kappa shape index (κ1) is 42.3. The second-order valence-electron chi connectivity index (χ2n) is 16.0. The Bertz CT molecular complexity index is 1480. The molecule has 2 atom stereocenters. The normalized spacial score (nSPS) is 19.2. The van der Waals surface area contributed by atoms with Crippen LogP contribution in [0.4, 0.5) is 0 Å². The topological polar surface area (TPSA) is 74.3 Å². The molecule has 2 bridgehead atoms. The first-order chi connectivity index (χ1) is 24.9. The quantitative estimate of drug-likeness (QED) is 0.0655. The van der Waals surface area contributed by atoms with E-state index in [0.717, 1.165) is 6.42 Å². The van der Waals surface area contributed by atoms with Gasteiger partial charge in [-0.15, -0.1) is 0 Å². The van der Waals surface area contributed by atoms with Gasteiger partial charge in [0, 0.05) is 11.8 Å². The van der Waals surface area contributed by atoms with Crippen LogP contribution in [0.1, 0.15) is 148 Å². The van der Waals surface area contributed by atoms with E-state index in [1.165, 1.54) is 128 Å². The number of carbonyl (C=O) groups is 1. The zero-order valence-corrected chi connectivity index (χ0v) is 34.5. The van der Waals surface area contributed by atoms with Crippen LogP contribution in [0.5, 0.6) is 0 Å². The number of fused-ring (bicyclic) bond motifs is 2. The molecule has 3 aromatic carbocycles. The van der Waals surface area contributed by atoms with Gasteiger partial charge in [0.1, 0.15) is 5.78 Å². The molecule has 2 fully saturated rings. The molecule has 2 aliphatic carbocycles. The zero-order chi connectivity index (χ0) is 37.6. The van der Waals surface area contributed by atoms with Gasteiger partial charge in [-0.3, -0.25) is 4.79 Å². The van der Waals surface area contributed by atoms with Gasteiger partial charge in [0.05, 0.1) is 26.8 Å². The summed E-state index contributed by atoms with van der Waals surface area (Å²) in [6.45, 7) is 10.7. The van der Waals surface area contributed by atoms with Gasteiger partial charge in [-0.05, 0) is 116 Å². The first-order valence-corrected chi connectivity index (χ1v) is 23.2. The van der Waals surface area contributed by atoms with Crippen molar-refractivity contribution in [3.05, 3.63) is 89.5 Å². The number of rotatable bonds is 20. The van der Waals surface area contributed by atoms with Crippen LogP contribution in [0.15, 0.2) is 87.5 Å². The van der Waals surface area contributed by atoms with Gasteiger partial charge >= 0.3 is 0 Å². The Kier molecular flexibility index (Phi) is 16.5. The van der Waals surface area contributed by atoms with Crippen LogP contribution in [-0.4, -0.2) is 24.5 Å². The fourth-order valence-electron chi connectivity index (χ4n) is 8.46. The maximum atomic E-state index is 11.8. The smallest absolute Gasteiger partial charge is 0.166 e. The van der Waals surface area contributed by atoms with Crippen molar-refractivity contribution in [2.24, 2.45) is 16.7 Å². The minimum Gasteiger partial charge on any atom is -0.748 e. The monoisotopic (exact) mass is 746 g/mol. The fourth-order valence-corrected chi connectivity index (χ4v) is 11.8. The van der Waals surface area contributed by atoms with Crippen molar-refractivity contribution in [2.75, 3.05) is 5.75 Å². The van der Waals surface area contributed by atoms with Crippen molar-refractivity contribution in [3.63, 3.8) is 0 Å². The van der Waals surface area contributed by atoms with Crippen LogP contribution < -0.4 is 0 Å². The molecule has 3 aromatic rings. The summed E-state index contributed by atoms with van der Waals surface area (Å²) in [6.07, 6.45) is 21.4. The molecule has 0 radical (unpaired) electrons. The van der Waals surface area contributed by atoms with Crippen LogP contribution >= 0.6 is 0 Å². The van der Waals surface area contributed by atoms with Crippen molar-refractivity contribution in [1.29, 1.82) is 0 Å². The van der Waals surface area contributed by atoms with Crippen molar-refractivity contribution < 1.29 is 17.8 Å². The summed E-state index contributed by atoms with van der Waals surface area (Å²) in [6, 6.07) is 28.7. The van der Waals surface area contributed by atoms with Gasteiger partial charge in [-0.1, -0.05) is 129 Å². The summed E-state index contributed by atoms with van der Waals surface area (Å²) in [4.78, 5) is 16.1. The second kappa shape index (κ2) is 20.3. The molecule has 5 rings (SSSR count). The highest BCUT2D eigenvalue weighted by molar-refractivity contribution is 7.97. The molecule has 0 amide bonds. The number of Topliss-reactive ketones (excluding diaryl/α,β-unsaturated/α-hetero) is 1. The van der Waals surface area contributed by atoms with E-state index in [0.29, 0.717) is 12.8 Å². The molecule has 0 spiro atoms. The Morgan fingerprint density at radius 3 is 1.25 bits per heavy atom. The molecule has 2 unspecified atom stereocenters. The molecule has 4 nitrogen and oxygen atoms in total. The third kappa shape index (κ3) is 11.5. The van der Waals surface area contributed by atoms with E-state index in [-0.39, 0.29) is 28.0 Å². The average Bonchev–Trinajstić information content (AvgIpc) is 3.46. The third-order valence-electron chi connectivity index (χ3n) is 12.0. The highest BCUT2D eigenvalue weighted by Gasteiger charge is 2.64. The highest BCUT2D eigenvalue weighted by atomic mass is 32.2.